The molecule has 5 aromatic carbocycles. The maximum Gasteiger partial charge on any atom is 0.305 e. The first-order valence-corrected chi connectivity index (χ1v) is 51.8. The highest BCUT2D eigenvalue weighted by molar-refractivity contribution is 8.77. The second-order valence-electron chi connectivity index (χ2n) is 31.8. The number of nitrogens with zero attached hydrogens (tertiary/aromatic N) is 3. The van der Waals surface area contributed by atoms with Crippen LogP contribution in [0.3, 0.4) is 0 Å². The molecule has 18 amide bonds. The lowest BCUT2D eigenvalue weighted by molar-refractivity contribution is -0.140. The van der Waals surface area contributed by atoms with Crippen LogP contribution in [0.1, 0.15) is 134 Å². The number of nitrogens with two attached hydrogens (primary N) is 9. The van der Waals surface area contributed by atoms with Crippen molar-refractivity contribution in [3.63, 3.8) is 0 Å². The van der Waals surface area contributed by atoms with Crippen molar-refractivity contribution in [2.75, 3.05) is 89.7 Å². The van der Waals surface area contributed by atoms with Gasteiger partial charge in [0.05, 0.1) is 32.5 Å². The van der Waals surface area contributed by atoms with Crippen LogP contribution in [0.2, 0.25) is 0 Å². The molecule has 0 aliphatic carbocycles. The van der Waals surface area contributed by atoms with Crippen molar-refractivity contribution in [2.24, 2.45) is 66.6 Å². The molecule has 56 heteroatoms. The first-order valence-electron chi connectivity index (χ1n) is 44.3. The van der Waals surface area contributed by atoms with E-state index in [2.05, 4.69) is 94.7 Å². The number of fused-ring (bicyclic) bond motifs is 10. The lowest BCUT2D eigenvalue weighted by atomic mass is 10.0. The molecule has 0 saturated heterocycles. The van der Waals surface area contributed by atoms with Crippen LogP contribution in [0, 0.1) is 0 Å². The van der Waals surface area contributed by atoms with E-state index in [0.29, 0.717) is 97.0 Å². The average molecular weight is 2100 g/mol. The Morgan fingerprint density at radius 2 is 0.699 bits per heavy atom. The van der Waals surface area contributed by atoms with Gasteiger partial charge in [-0.2, -0.15) is 0 Å². The highest BCUT2D eigenvalue weighted by Gasteiger charge is 2.33. The van der Waals surface area contributed by atoms with Gasteiger partial charge in [0.25, 0.3) is 17.7 Å². The predicted molar refractivity (Wildman–Crippen MR) is 544 cm³/mol. The number of ketones is 1. The molecule has 0 spiro atoms. The second kappa shape index (κ2) is 62.0. The third-order valence-electron chi connectivity index (χ3n) is 20.3. The van der Waals surface area contributed by atoms with Gasteiger partial charge in [-0.3, -0.25) is 116 Å². The monoisotopic (exact) mass is 2100 g/mol. The molecule has 143 heavy (non-hydrogen) atoms. The van der Waals surface area contributed by atoms with Crippen molar-refractivity contribution in [1.82, 2.24) is 63.8 Å². The number of unbranched alkanes of at least 4 members (excludes halogenated alkanes) is 3. The number of carbonyl (C=O) groups excluding carboxylic acids is 19. The highest BCUT2D eigenvalue weighted by Crippen LogP contribution is 2.31. The number of benzene rings is 5. The van der Waals surface area contributed by atoms with Crippen LogP contribution in [-0.4, -0.2) is 280 Å². The lowest BCUT2D eigenvalue weighted by Crippen LogP contribution is -2.51. The van der Waals surface area contributed by atoms with Crippen LogP contribution >= 0.6 is 64.8 Å². The molecule has 35 N–H and O–H groups in total. The number of primary amides is 3. The molecular weight excluding hydrogens is 1980 g/mol. The van der Waals surface area contributed by atoms with Crippen LogP contribution in [0.4, 0.5) is 17.1 Å². The van der Waals surface area contributed by atoms with Crippen molar-refractivity contribution in [3.8, 4) is 0 Å². The molecule has 3 heterocycles. The number of rotatable bonds is 24. The Labute approximate surface area is 842 Å². The molecule has 3 aliphatic rings. The second-order valence-corrected chi connectivity index (χ2v) is 39.7. The third kappa shape index (κ3) is 44.5. The van der Waals surface area contributed by atoms with E-state index in [0.717, 1.165) is 0 Å². The minimum absolute atomic E-state index is 0.00823. The van der Waals surface area contributed by atoms with Crippen LogP contribution in [-0.2, 0) is 86.3 Å². The van der Waals surface area contributed by atoms with Crippen LogP contribution in [0.25, 0.3) is 21.5 Å². The molecule has 8 rings (SSSR count). The van der Waals surface area contributed by atoms with Gasteiger partial charge in [0.15, 0.2) is 17.9 Å². The molecular formula is C87H117N27O23S6. The van der Waals surface area contributed by atoms with Gasteiger partial charge in [-0.15, -0.1) is 0 Å². The van der Waals surface area contributed by atoms with Gasteiger partial charge in [0, 0.05) is 119 Å². The maximum atomic E-state index is 13.4. The van der Waals surface area contributed by atoms with Crippen molar-refractivity contribution in [2.45, 2.75) is 158 Å². The van der Waals surface area contributed by atoms with E-state index >= 15 is 0 Å². The number of amides is 18. The Morgan fingerprint density at radius 3 is 1.09 bits per heavy atom. The number of nitrogens with one attached hydrogen (secondary N) is 15. The van der Waals surface area contributed by atoms with Gasteiger partial charge >= 0.3 is 11.9 Å². The average Bonchev–Trinajstić information content (AvgIpc) is 0.796. The molecule has 0 fully saturated rings. The summed E-state index contributed by atoms with van der Waals surface area (Å²) >= 11 is 0. The topological polar surface area (TPSA) is 851 Å². The fourth-order valence-electron chi connectivity index (χ4n) is 13.2. The minimum atomic E-state index is -1.57. The molecule has 0 saturated carbocycles. The number of carbonyl (C=O) groups is 21. The molecule has 0 aromatic heterocycles. The van der Waals surface area contributed by atoms with Gasteiger partial charge in [0.1, 0.15) is 60.2 Å². The smallest absolute Gasteiger partial charge is 0.305 e. The number of guanidine groups is 3. The zero-order valence-corrected chi connectivity index (χ0v) is 82.4. The SMILES string of the molecule is CC(=O)CC1NC(=O)CNC(=O)C(CCCCN=C(N)N)NC(=O)CCSSCC(C(N)=O)NC(=O)c2cccc(c2)NC1=O.NC(=O)C1CSSCCC(=O)NC(CCCCN=C(N)N)C(=O)NCC(=O)NC(CC(=O)O)C(=O)Nc2cc(c3ccccc3c2)C(=O)N1.NC(=O)C1CSSCCC(=O)NC(CCCCN=C(N)N)C(=O)NCC(=O)NC(CC(=O)O)C(=O)Nc2cc(cc3ccccc23)C(=O)N1. The van der Waals surface area contributed by atoms with Gasteiger partial charge in [-0.25, -0.2) is 0 Å². The number of aliphatic carboxylic acids is 2. The van der Waals surface area contributed by atoms with E-state index < -0.39 is 205 Å². The quantitative estimate of drug-likeness (QED) is 0.0125. The molecule has 9 unspecified atom stereocenters. The summed E-state index contributed by atoms with van der Waals surface area (Å²) < 4.78 is 0. The molecule has 9 atom stereocenters. The summed E-state index contributed by atoms with van der Waals surface area (Å²) in [6.45, 7) is 0.440. The number of anilines is 3. The lowest BCUT2D eigenvalue weighted by Gasteiger charge is -2.21. The Bertz CT molecular complexity index is 5530. The van der Waals surface area contributed by atoms with E-state index in [1.165, 1.54) is 108 Å². The van der Waals surface area contributed by atoms with E-state index in [1.807, 2.05) is 0 Å². The molecule has 0 radical (unpaired) electrons. The molecule has 50 nitrogen and oxygen atoms in total. The molecule has 774 valence electrons. The summed E-state index contributed by atoms with van der Waals surface area (Å²) in [6, 6.07) is 14.6. The van der Waals surface area contributed by atoms with Crippen molar-refractivity contribution in [3.05, 3.63) is 114 Å². The number of carboxylic acids is 2. The first-order chi connectivity index (χ1) is 68.0. The van der Waals surface area contributed by atoms with Gasteiger partial charge in [0.2, 0.25) is 88.6 Å². The molecule has 6 bridgehead atoms. The van der Waals surface area contributed by atoms with E-state index in [1.54, 1.807) is 60.7 Å². The van der Waals surface area contributed by atoms with Gasteiger partial charge < -0.3 is 142 Å². The fourth-order valence-corrected chi connectivity index (χ4v) is 19.7. The summed E-state index contributed by atoms with van der Waals surface area (Å²) in [5, 5.41) is 58.9. The summed E-state index contributed by atoms with van der Waals surface area (Å²) in [6.07, 6.45) is 1.67. The zero-order valence-electron chi connectivity index (χ0n) is 77.5. The number of hydrogen-bond acceptors (Lipinski definition) is 30. The van der Waals surface area contributed by atoms with Gasteiger partial charge in [-0.05, 0) is 123 Å². The summed E-state index contributed by atoms with van der Waals surface area (Å²) in [5.74, 6) is -14.7. The summed E-state index contributed by atoms with van der Waals surface area (Å²) in [4.78, 5) is 278. The van der Waals surface area contributed by atoms with E-state index in [9.17, 15) is 111 Å². The van der Waals surface area contributed by atoms with Gasteiger partial charge in [-0.1, -0.05) is 119 Å². The Balaban J connectivity index is 0.000000329. The van der Waals surface area contributed by atoms with E-state index in [4.69, 9.17) is 51.6 Å². The predicted octanol–water partition coefficient (Wildman–Crippen LogP) is -3.19. The van der Waals surface area contributed by atoms with Crippen LogP contribution < -0.4 is 131 Å². The largest absolute Gasteiger partial charge is 0.481 e. The van der Waals surface area contributed by atoms with E-state index in [-0.39, 0.29) is 120 Å². The number of carboxylic acid groups (broad SMARTS) is 2. The zero-order chi connectivity index (χ0) is 105. The molecule has 3 aliphatic heterocycles. The maximum absolute atomic E-state index is 13.4. The Morgan fingerprint density at radius 1 is 0.343 bits per heavy atom. The third-order valence-corrected chi connectivity index (χ3v) is 27.5. The van der Waals surface area contributed by atoms with Crippen molar-refractivity contribution in [1.29, 1.82) is 0 Å². The fraction of sp³-hybridized carbons (Fsp3) is 0.425. The summed E-state index contributed by atoms with van der Waals surface area (Å²) in [5.41, 5.74) is 49.4. The normalized spacial score (nSPS) is 20.5. The number of aliphatic imine (C=N–C) groups is 3. The number of hydrogen-bond donors (Lipinski definition) is 26. The van der Waals surface area contributed by atoms with Crippen LogP contribution in [0.5, 0.6) is 0 Å². The van der Waals surface area contributed by atoms with Crippen LogP contribution in [0.15, 0.2) is 112 Å². The Hall–Kier alpha value is -14.4. The number of Topliss-reactive ketones (excluding diaryl/α,β-unsaturated/α-hetero) is 1. The summed E-state index contributed by atoms with van der Waals surface area (Å²) in [7, 11) is 7.47. The minimum Gasteiger partial charge on any atom is -0.481 e. The molecule has 5 aromatic rings. The standard InChI is InChI=1S/2C30H39N9O8S2.C27H39N9O7S2/c31-26(44)22-15-49-48-10-8-23(40)37-20(7-3-4-9-34-30(32)33)28(46)35-14-24(41)38-21(13-25(42)43)29(47)36-17-11-16-5-1-2-6-18(16)19(12-17)27(45)39-22;31-26(44)22-15-49-48-10-8-23(40)36-19(7-3-4-9-34-30(32)33)28(46)35-14-24(41)37-21(13-25(42)43)29(47)38-20-12-17(27(45)39-22)11-16-5-1-2-6-18(16)20;1-15(37)11-19-26(43)33-17-6-4-5-16(12-17)24(41)36-20(23(28)40)14-45-44-10-8-21(38)34-18(7-2-3-9-31-27(29)30)25(42)32-13-22(39)35-19/h1-2,5-6,11-12,20-22H,3-4,7-10,13-15H2,(H2,31,44)(H,35,46)(H,36,47)(H,37,40)(H,38,41)(H,39,45)(H,42,43)(H4,32,33,34);1-2,5-6,11-12,19,21-22H,3-4,7-10,13-15H2,(H2,31,44)(H,35,46)(H,36,40)(H,37,41)(H,38,47)(H,39,45)(H,42,43)(H4,32,33,34);4-6,12,18-20H,2-3,7-11,13-14H2,1H3,(H2,28,40)(H,32,42)(H,33,43)(H,34,38)(H,35,39)(H,36,41)(H4,29,30,31). The van der Waals surface area contributed by atoms with Crippen molar-refractivity contribution < 1.29 is 111 Å². The Kier molecular flexibility index (Phi) is 50.9. The van der Waals surface area contributed by atoms with Crippen molar-refractivity contribution >= 4 is 245 Å². The highest BCUT2D eigenvalue weighted by atomic mass is 33.1. The first kappa shape index (κ1) is 117.